The van der Waals surface area contributed by atoms with Crippen LogP contribution in [-0.2, 0) is 6.54 Å². The zero-order chi connectivity index (χ0) is 18.1. The van der Waals surface area contributed by atoms with Crippen molar-refractivity contribution >= 4 is 55.5 Å². The maximum atomic E-state index is 13.5. The molecule has 2 aromatic heterocycles. The third-order valence-corrected chi connectivity index (χ3v) is 6.04. The number of nitrogens with zero attached hydrogens (tertiary/aromatic N) is 2. The lowest BCUT2D eigenvalue weighted by molar-refractivity contribution is 0.0989. The smallest absolute Gasteiger partial charge is 0.270 e. The molecular weight excluding hydrogens is 391 g/mol. The van der Waals surface area contributed by atoms with Crippen molar-refractivity contribution in [3.63, 3.8) is 0 Å². The van der Waals surface area contributed by atoms with Gasteiger partial charge in [-0.15, -0.1) is 11.3 Å². The van der Waals surface area contributed by atoms with Crippen LogP contribution in [0.4, 0.5) is 9.52 Å². The average molecular weight is 403 g/mol. The summed E-state index contributed by atoms with van der Waals surface area (Å²) in [6.45, 7) is 0.373. The fourth-order valence-electron chi connectivity index (χ4n) is 2.56. The SMILES string of the molecule is O=C(c1ccc(Cl)s1)N(Cc1ccccc1)c1nc2ccc(F)cc2s1. The van der Waals surface area contributed by atoms with Gasteiger partial charge in [-0.2, -0.15) is 0 Å². The molecular formula is C19H12ClFN2OS2. The predicted octanol–water partition coefficient (Wildman–Crippen LogP) is 6.00. The monoisotopic (exact) mass is 402 g/mol. The van der Waals surface area contributed by atoms with E-state index in [1.807, 2.05) is 30.3 Å². The van der Waals surface area contributed by atoms with Crippen molar-refractivity contribution in [2.75, 3.05) is 4.90 Å². The number of anilines is 1. The molecule has 26 heavy (non-hydrogen) atoms. The van der Waals surface area contributed by atoms with Gasteiger partial charge in [0.2, 0.25) is 0 Å². The van der Waals surface area contributed by atoms with E-state index in [4.69, 9.17) is 11.6 Å². The van der Waals surface area contributed by atoms with Gasteiger partial charge in [-0.25, -0.2) is 9.37 Å². The molecule has 0 aliphatic rings. The molecule has 0 aliphatic carbocycles. The summed E-state index contributed by atoms with van der Waals surface area (Å²) >= 11 is 8.51. The minimum absolute atomic E-state index is 0.176. The molecule has 130 valence electrons. The molecule has 0 N–H and O–H groups in total. The van der Waals surface area contributed by atoms with Gasteiger partial charge in [0.05, 0.1) is 26.0 Å². The number of carbonyl (C=O) groups excluding carboxylic acids is 1. The lowest BCUT2D eigenvalue weighted by atomic mass is 10.2. The summed E-state index contributed by atoms with van der Waals surface area (Å²) in [5.74, 6) is -0.496. The van der Waals surface area contributed by atoms with Crippen LogP contribution in [0.15, 0.2) is 60.7 Å². The van der Waals surface area contributed by atoms with Gasteiger partial charge in [0.25, 0.3) is 5.91 Å². The number of carbonyl (C=O) groups is 1. The summed E-state index contributed by atoms with van der Waals surface area (Å²) in [6, 6.07) is 17.5. The van der Waals surface area contributed by atoms with Gasteiger partial charge in [-0.05, 0) is 35.9 Å². The van der Waals surface area contributed by atoms with Crippen molar-refractivity contribution in [2.45, 2.75) is 6.54 Å². The van der Waals surface area contributed by atoms with Gasteiger partial charge in [-0.3, -0.25) is 9.69 Å². The van der Waals surface area contributed by atoms with Gasteiger partial charge in [0, 0.05) is 0 Å². The maximum absolute atomic E-state index is 13.5. The number of hydrogen-bond donors (Lipinski definition) is 0. The zero-order valence-electron chi connectivity index (χ0n) is 13.4. The quantitative estimate of drug-likeness (QED) is 0.419. The molecule has 0 saturated heterocycles. The molecule has 4 rings (SSSR count). The highest BCUT2D eigenvalue weighted by molar-refractivity contribution is 7.22. The molecule has 1 amide bonds. The summed E-state index contributed by atoms with van der Waals surface area (Å²) in [6.07, 6.45) is 0. The Bertz CT molecular complexity index is 1080. The largest absolute Gasteiger partial charge is 0.279 e. The Morgan fingerprint density at radius 3 is 2.62 bits per heavy atom. The molecule has 0 fully saturated rings. The van der Waals surface area contributed by atoms with Crippen LogP contribution in [0.2, 0.25) is 4.34 Å². The van der Waals surface area contributed by atoms with Crippen molar-refractivity contribution in [2.24, 2.45) is 0 Å². The summed E-state index contributed by atoms with van der Waals surface area (Å²) in [5.41, 5.74) is 1.65. The Hall–Kier alpha value is -2.28. The van der Waals surface area contributed by atoms with Crippen molar-refractivity contribution in [3.05, 3.63) is 81.3 Å². The second-order valence-electron chi connectivity index (χ2n) is 5.59. The Kier molecular flexibility index (Phi) is 4.72. The van der Waals surface area contributed by atoms with Gasteiger partial charge in [0.15, 0.2) is 5.13 Å². The summed E-state index contributed by atoms with van der Waals surface area (Å²) in [5, 5.41) is 0.531. The fourth-order valence-corrected chi connectivity index (χ4v) is 4.54. The van der Waals surface area contributed by atoms with Crippen molar-refractivity contribution in [1.29, 1.82) is 0 Å². The minimum Gasteiger partial charge on any atom is -0.279 e. The molecule has 7 heteroatoms. The second kappa shape index (κ2) is 7.15. The fraction of sp³-hybridized carbons (Fsp3) is 0.0526. The van der Waals surface area contributed by atoms with E-state index in [2.05, 4.69) is 4.98 Å². The first-order valence-corrected chi connectivity index (χ1v) is 9.78. The first-order chi connectivity index (χ1) is 12.6. The third kappa shape index (κ3) is 3.49. The Labute approximate surface area is 162 Å². The van der Waals surface area contributed by atoms with E-state index in [9.17, 15) is 9.18 Å². The average Bonchev–Trinajstić information content (AvgIpc) is 3.25. The number of hydrogen-bond acceptors (Lipinski definition) is 4. The van der Waals surface area contributed by atoms with E-state index in [-0.39, 0.29) is 11.7 Å². The third-order valence-electron chi connectivity index (χ3n) is 3.78. The molecule has 0 unspecified atom stereocenters. The highest BCUT2D eigenvalue weighted by Crippen LogP contribution is 2.32. The van der Waals surface area contributed by atoms with Gasteiger partial charge >= 0.3 is 0 Å². The summed E-state index contributed by atoms with van der Waals surface area (Å²) < 4.78 is 14.8. The van der Waals surface area contributed by atoms with Crippen LogP contribution in [0.5, 0.6) is 0 Å². The van der Waals surface area contributed by atoms with Gasteiger partial charge < -0.3 is 0 Å². The van der Waals surface area contributed by atoms with E-state index in [1.54, 1.807) is 23.1 Å². The summed E-state index contributed by atoms with van der Waals surface area (Å²) in [7, 11) is 0. The first kappa shape index (κ1) is 17.1. The molecule has 4 aromatic rings. The molecule has 2 aromatic carbocycles. The van der Waals surface area contributed by atoms with Crippen LogP contribution < -0.4 is 4.90 Å². The van der Waals surface area contributed by atoms with Crippen LogP contribution in [0.25, 0.3) is 10.2 Å². The summed E-state index contributed by atoms with van der Waals surface area (Å²) in [4.78, 5) is 19.8. The molecule has 0 aliphatic heterocycles. The standard InChI is InChI=1S/C19H12ClFN2OS2/c20-17-9-8-15(25-17)18(24)23(11-12-4-2-1-3-5-12)19-22-14-7-6-13(21)10-16(14)26-19/h1-10H,11H2. The second-order valence-corrected chi connectivity index (χ2v) is 8.31. The van der Waals surface area contributed by atoms with E-state index in [0.29, 0.717) is 31.1 Å². The van der Waals surface area contributed by atoms with Gasteiger partial charge in [0.1, 0.15) is 5.82 Å². The highest BCUT2D eigenvalue weighted by atomic mass is 35.5. The lowest BCUT2D eigenvalue weighted by Gasteiger charge is -2.19. The highest BCUT2D eigenvalue weighted by Gasteiger charge is 2.23. The number of thiophene rings is 1. The van der Waals surface area contributed by atoms with Gasteiger partial charge in [-0.1, -0.05) is 53.3 Å². The molecule has 0 radical (unpaired) electrons. The predicted molar refractivity (Wildman–Crippen MR) is 106 cm³/mol. The number of aromatic nitrogens is 1. The minimum atomic E-state index is -0.321. The van der Waals surface area contributed by atoms with Crippen LogP contribution in [-0.4, -0.2) is 10.9 Å². The Morgan fingerprint density at radius 1 is 1.08 bits per heavy atom. The van der Waals surface area contributed by atoms with Crippen LogP contribution in [0, 0.1) is 5.82 Å². The topological polar surface area (TPSA) is 33.2 Å². The normalized spacial score (nSPS) is 11.0. The number of rotatable bonds is 4. The molecule has 0 bridgehead atoms. The lowest BCUT2D eigenvalue weighted by Crippen LogP contribution is -2.29. The Morgan fingerprint density at radius 2 is 1.88 bits per heavy atom. The zero-order valence-corrected chi connectivity index (χ0v) is 15.7. The van der Waals surface area contributed by atoms with E-state index in [1.165, 1.54) is 34.8 Å². The molecule has 0 spiro atoms. The Balaban J connectivity index is 1.76. The van der Waals surface area contributed by atoms with E-state index in [0.717, 1.165) is 5.56 Å². The van der Waals surface area contributed by atoms with E-state index >= 15 is 0 Å². The number of thiazole rings is 1. The number of halogens is 2. The molecule has 0 atom stereocenters. The molecule has 3 nitrogen and oxygen atoms in total. The molecule has 0 saturated carbocycles. The number of fused-ring (bicyclic) bond motifs is 1. The molecule has 2 heterocycles. The number of amides is 1. The first-order valence-electron chi connectivity index (χ1n) is 7.77. The van der Waals surface area contributed by atoms with Crippen molar-refractivity contribution in [1.82, 2.24) is 4.98 Å². The maximum Gasteiger partial charge on any atom is 0.270 e. The van der Waals surface area contributed by atoms with Crippen LogP contribution in [0.3, 0.4) is 0 Å². The van der Waals surface area contributed by atoms with E-state index < -0.39 is 0 Å². The van der Waals surface area contributed by atoms with Crippen LogP contribution >= 0.6 is 34.3 Å². The van der Waals surface area contributed by atoms with Crippen LogP contribution in [0.1, 0.15) is 15.2 Å². The number of benzene rings is 2. The van der Waals surface area contributed by atoms with Crippen molar-refractivity contribution < 1.29 is 9.18 Å². The van der Waals surface area contributed by atoms with Crippen molar-refractivity contribution in [3.8, 4) is 0 Å².